The van der Waals surface area contributed by atoms with Gasteiger partial charge in [-0.25, -0.2) is 0 Å². The van der Waals surface area contributed by atoms with Gasteiger partial charge in [-0.2, -0.15) is 5.10 Å². The normalized spacial score (nSPS) is 10.6. The maximum Gasteiger partial charge on any atom is 0.196 e. The molecule has 0 aliphatic carbocycles. The van der Waals surface area contributed by atoms with E-state index in [-0.39, 0.29) is 5.78 Å². The van der Waals surface area contributed by atoms with E-state index in [1.54, 1.807) is 17.1 Å². The third-order valence-corrected chi connectivity index (χ3v) is 2.80. The summed E-state index contributed by atoms with van der Waals surface area (Å²) in [6.07, 6.45) is 4.41. The number of hydrogen-bond acceptors (Lipinski definition) is 3. The average Bonchev–Trinajstić information content (AvgIpc) is 2.87. The molecule has 1 aromatic carbocycles. The van der Waals surface area contributed by atoms with Crippen LogP contribution >= 0.6 is 0 Å². The van der Waals surface area contributed by atoms with Crippen molar-refractivity contribution in [3.8, 4) is 0 Å². The second-order valence-electron chi connectivity index (χ2n) is 4.22. The summed E-state index contributed by atoms with van der Waals surface area (Å²) in [7, 11) is 0. The Hall–Kier alpha value is -1.94. The van der Waals surface area contributed by atoms with E-state index in [1.165, 1.54) is 0 Å². The fourth-order valence-electron chi connectivity index (χ4n) is 1.79. The van der Waals surface area contributed by atoms with Crippen molar-refractivity contribution in [2.45, 2.75) is 26.4 Å². The van der Waals surface area contributed by atoms with Crippen LogP contribution in [0.5, 0.6) is 0 Å². The number of carbonyl (C=O) groups excluding carboxylic acids is 1. The van der Waals surface area contributed by atoms with Gasteiger partial charge < -0.3 is 5.73 Å². The van der Waals surface area contributed by atoms with Crippen molar-refractivity contribution >= 4 is 5.78 Å². The standard InChI is InChI=1S/C14H17N3O/c1-2-7-17-10-13(9-16-17)14(18)12-5-3-11(8-15)4-6-12/h3-6,9-10H,2,7-8,15H2,1H3. The van der Waals surface area contributed by atoms with Crippen LogP contribution in [0.4, 0.5) is 0 Å². The predicted octanol–water partition coefficient (Wildman–Crippen LogP) is 1.98. The Kier molecular flexibility index (Phi) is 3.89. The Morgan fingerprint density at radius 1 is 1.28 bits per heavy atom. The van der Waals surface area contributed by atoms with Gasteiger partial charge in [0.15, 0.2) is 5.78 Å². The summed E-state index contributed by atoms with van der Waals surface area (Å²) >= 11 is 0. The van der Waals surface area contributed by atoms with Gasteiger partial charge in [0.05, 0.1) is 11.8 Å². The molecule has 0 fully saturated rings. The maximum absolute atomic E-state index is 12.2. The van der Waals surface area contributed by atoms with Crippen molar-refractivity contribution in [1.82, 2.24) is 9.78 Å². The molecule has 2 rings (SSSR count). The molecular weight excluding hydrogens is 226 g/mol. The van der Waals surface area contributed by atoms with Crippen LogP contribution in [0.15, 0.2) is 36.7 Å². The van der Waals surface area contributed by atoms with Gasteiger partial charge in [0.2, 0.25) is 0 Å². The third-order valence-electron chi connectivity index (χ3n) is 2.80. The molecule has 0 bridgehead atoms. The van der Waals surface area contributed by atoms with Crippen LogP contribution < -0.4 is 5.73 Å². The van der Waals surface area contributed by atoms with Crippen LogP contribution in [0.1, 0.15) is 34.8 Å². The minimum atomic E-state index is 0.000856. The first-order chi connectivity index (χ1) is 8.74. The summed E-state index contributed by atoms with van der Waals surface area (Å²) in [6, 6.07) is 7.37. The first-order valence-electron chi connectivity index (χ1n) is 6.10. The fraction of sp³-hybridized carbons (Fsp3) is 0.286. The third kappa shape index (κ3) is 2.65. The highest BCUT2D eigenvalue weighted by Crippen LogP contribution is 2.10. The van der Waals surface area contributed by atoms with Crippen molar-refractivity contribution in [1.29, 1.82) is 0 Å². The minimum Gasteiger partial charge on any atom is -0.326 e. The lowest BCUT2D eigenvalue weighted by Gasteiger charge is -2.00. The van der Waals surface area contributed by atoms with E-state index in [4.69, 9.17) is 5.73 Å². The number of ketones is 1. The molecule has 0 saturated carbocycles. The van der Waals surface area contributed by atoms with E-state index in [0.717, 1.165) is 18.5 Å². The molecule has 1 aromatic heterocycles. The highest BCUT2D eigenvalue weighted by Gasteiger charge is 2.11. The van der Waals surface area contributed by atoms with E-state index in [9.17, 15) is 4.79 Å². The van der Waals surface area contributed by atoms with Crippen molar-refractivity contribution in [3.05, 3.63) is 53.3 Å². The number of benzene rings is 1. The van der Waals surface area contributed by atoms with Crippen molar-refractivity contribution < 1.29 is 4.79 Å². The molecule has 0 aliphatic rings. The van der Waals surface area contributed by atoms with E-state index >= 15 is 0 Å². The van der Waals surface area contributed by atoms with Crippen LogP contribution in [-0.2, 0) is 13.1 Å². The molecule has 0 spiro atoms. The molecule has 0 unspecified atom stereocenters. The number of aryl methyl sites for hydroxylation is 1. The number of aromatic nitrogens is 2. The second kappa shape index (κ2) is 5.60. The molecule has 0 radical (unpaired) electrons. The molecule has 18 heavy (non-hydrogen) atoms. The summed E-state index contributed by atoms with van der Waals surface area (Å²) in [4.78, 5) is 12.2. The lowest BCUT2D eigenvalue weighted by Crippen LogP contribution is -2.02. The summed E-state index contributed by atoms with van der Waals surface area (Å²) in [5, 5.41) is 4.16. The van der Waals surface area contributed by atoms with Gasteiger partial charge in [-0.15, -0.1) is 0 Å². The van der Waals surface area contributed by atoms with Gasteiger partial charge in [-0.1, -0.05) is 31.2 Å². The van der Waals surface area contributed by atoms with Crippen molar-refractivity contribution in [2.24, 2.45) is 5.73 Å². The molecule has 0 amide bonds. The Balaban J connectivity index is 2.18. The van der Waals surface area contributed by atoms with Crippen molar-refractivity contribution in [3.63, 3.8) is 0 Å². The molecule has 4 heteroatoms. The number of carbonyl (C=O) groups is 1. The Morgan fingerprint density at radius 2 is 2.00 bits per heavy atom. The minimum absolute atomic E-state index is 0.000856. The Morgan fingerprint density at radius 3 is 2.61 bits per heavy atom. The van der Waals surface area contributed by atoms with Crippen LogP contribution in [0.2, 0.25) is 0 Å². The van der Waals surface area contributed by atoms with Crippen LogP contribution in [-0.4, -0.2) is 15.6 Å². The molecular formula is C14H17N3O. The predicted molar refractivity (Wildman–Crippen MR) is 70.3 cm³/mol. The summed E-state index contributed by atoms with van der Waals surface area (Å²) in [5.41, 5.74) is 7.85. The molecule has 1 heterocycles. The smallest absolute Gasteiger partial charge is 0.196 e. The summed E-state index contributed by atoms with van der Waals surface area (Å²) in [6.45, 7) is 3.40. The van der Waals surface area contributed by atoms with Gasteiger partial charge in [-0.05, 0) is 12.0 Å². The van der Waals surface area contributed by atoms with Gasteiger partial charge in [-0.3, -0.25) is 9.48 Å². The van der Waals surface area contributed by atoms with E-state index in [1.807, 2.05) is 24.3 Å². The van der Waals surface area contributed by atoms with Crippen LogP contribution in [0.25, 0.3) is 0 Å². The zero-order valence-electron chi connectivity index (χ0n) is 10.5. The Labute approximate surface area is 106 Å². The number of rotatable bonds is 5. The molecule has 0 atom stereocenters. The van der Waals surface area contributed by atoms with Crippen LogP contribution in [0.3, 0.4) is 0 Å². The molecule has 0 aliphatic heterocycles. The fourth-order valence-corrected chi connectivity index (χ4v) is 1.79. The summed E-state index contributed by atoms with van der Waals surface area (Å²) in [5.74, 6) is 0.000856. The van der Waals surface area contributed by atoms with Gasteiger partial charge in [0, 0.05) is 24.8 Å². The molecule has 94 valence electrons. The lowest BCUT2D eigenvalue weighted by atomic mass is 10.0. The molecule has 2 aromatic rings. The lowest BCUT2D eigenvalue weighted by molar-refractivity contribution is 0.103. The second-order valence-corrected chi connectivity index (χ2v) is 4.22. The maximum atomic E-state index is 12.2. The molecule has 4 nitrogen and oxygen atoms in total. The summed E-state index contributed by atoms with van der Waals surface area (Å²) < 4.78 is 1.79. The number of nitrogens with two attached hydrogens (primary N) is 1. The molecule has 2 N–H and O–H groups in total. The van der Waals surface area contributed by atoms with Gasteiger partial charge in [0.25, 0.3) is 0 Å². The van der Waals surface area contributed by atoms with Crippen LogP contribution in [0, 0.1) is 0 Å². The van der Waals surface area contributed by atoms with Crippen molar-refractivity contribution in [2.75, 3.05) is 0 Å². The first kappa shape index (κ1) is 12.5. The zero-order valence-corrected chi connectivity index (χ0v) is 10.5. The number of hydrogen-bond donors (Lipinski definition) is 1. The number of nitrogens with zero attached hydrogens (tertiary/aromatic N) is 2. The average molecular weight is 243 g/mol. The first-order valence-corrected chi connectivity index (χ1v) is 6.10. The van der Waals surface area contributed by atoms with E-state index in [2.05, 4.69) is 12.0 Å². The van der Waals surface area contributed by atoms with E-state index in [0.29, 0.717) is 17.7 Å². The molecule has 0 saturated heterocycles. The largest absolute Gasteiger partial charge is 0.326 e. The highest BCUT2D eigenvalue weighted by molar-refractivity contribution is 6.08. The monoisotopic (exact) mass is 243 g/mol. The van der Waals surface area contributed by atoms with Gasteiger partial charge >= 0.3 is 0 Å². The topological polar surface area (TPSA) is 60.9 Å². The SMILES string of the molecule is CCCn1cc(C(=O)c2ccc(CN)cc2)cn1. The zero-order chi connectivity index (χ0) is 13.0. The highest BCUT2D eigenvalue weighted by atomic mass is 16.1. The van der Waals surface area contributed by atoms with E-state index < -0.39 is 0 Å². The Bertz CT molecular complexity index is 528. The quantitative estimate of drug-likeness (QED) is 0.817. The van der Waals surface area contributed by atoms with Gasteiger partial charge in [0.1, 0.15) is 0 Å².